The highest BCUT2D eigenvalue weighted by atomic mass is 127. The zero-order chi connectivity index (χ0) is 23.6. The number of aryl methyl sites for hydroxylation is 1. The lowest BCUT2D eigenvalue weighted by atomic mass is 9.94. The summed E-state index contributed by atoms with van der Waals surface area (Å²) in [4.78, 5) is 7.09. The maximum atomic E-state index is 4.82. The second-order valence-electron chi connectivity index (χ2n) is 8.56. The summed E-state index contributed by atoms with van der Waals surface area (Å²) in [6.07, 6.45) is 0.998. The Bertz CT molecular complexity index is 1000. The van der Waals surface area contributed by atoms with Gasteiger partial charge >= 0.3 is 0 Å². The van der Waals surface area contributed by atoms with Crippen LogP contribution in [0, 0.1) is 6.92 Å². The molecule has 8 heteroatoms. The summed E-state index contributed by atoms with van der Waals surface area (Å²) in [5.41, 5.74) is 2.54. The highest BCUT2D eigenvalue weighted by Gasteiger charge is 2.16. The number of rotatable bonds is 10. The molecular weight excluding hydrogens is 537 g/mol. The number of hydrogen-bond donors (Lipinski definition) is 2. The predicted molar refractivity (Wildman–Crippen MR) is 152 cm³/mol. The number of para-hydroxylation sites is 1. The van der Waals surface area contributed by atoms with Gasteiger partial charge in [0.15, 0.2) is 11.8 Å². The topological polar surface area (TPSA) is 70.4 Å². The maximum absolute atomic E-state index is 4.82. The number of nitrogens with zero attached hydrogens (tertiary/aromatic N) is 5. The fraction of sp³-hybridized carbons (Fsp3) is 0.423. The third-order valence-corrected chi connectivity index (χ3v) is 6.16. The molecule has 0 bridgehead atoms. The van der Waals surface area contributed by atoms with Crippen molar-refractivity contribution >= 4 is 35.6 Å². The van der Waals surface area contributed by atoms with Crippen LogP contribution in [0.25, 0.3) is 0 Å². The summed E-state index contributed by atoms with van der Waals surface area (Å²) in [6.45, 7) is 8.65. The number of aliphatic imine (C=N–C) groups is 1. The largest absolute Gasteiger partial charge is 0.375 e. The summed E-state index contributed by atoms with van der Waals surface area (Å²) in [5.74, 6) is 2.88. The molecule has 3 aromatic rings. The molecule has 0 spiro atoms. The van der Waals surface area contributed by atoms with Crippen LogP contribution in [0.4, 0.5) is 5.69 Å². The summed E-state index contributed by atoms with van der Waals surface area (Å²) in [5, 5.41) is 15.5. The molecule has 2 unspecified atom stereocenters. The van der Waals surface area contributed by atoms with Crippen LogP contribution < -0.4 is 15.5 Å². The zero-order valence-electron chi connectivity index (χ0n) is 20.9. The Labute approximate surface area is 221 Å². The maximum Gasteiger partial charge on any atom is 0.191 e. The van der Waals surface area contributed by atoms with Crippen LogP contribution in [0.15, 0.2) is 65.7 Å². The van der Waals surface area contributed by atoms with E-state index in [9.17, 15) is 0 Å². The lowest BCUT2D eigenvalue weighted by molar-refractivity contribution is 0.547. The molecule has 0 fully saturated rings. The third kappa shape index (κ3) is 8.00. The van der Waals surface area contributed by atoms with Crippen molar-refractivity contribution in [2.45, 2.75) is 45.7 Å². The Morgan fingerprint density at radius 2 is 1.68 bits per heavy atom. The average Bonchev–Trinajstić information content (AvgIpc) is 3.17. The number of guanidine groups is 1. The van der Waals surface area contributed by atoms with Crippen molar-refractivity contribution in [3.05, 3.63) is 77.9 Å². The van der Waals surface area contributed by atoms with E-state index < -0.39 is 0 Å². The minimum absolute atomic E-state index is 0. The van der Waals surface area contributed by atoms with Crippen molar-refractivity contribution in [3.63, 3.8) is 0 Å². The Morgan fingerprint density at radius 1 is 1.03 bits per heavy atom. The summed E-state index contributed by atoms with van der Waals surface area (Å²) in [6, 6.07) is 21.3. The first-order valence-corrected chi connectivity index (χ1v) is 11.7. The second kappa shape index (κ2) is 13.9. The number of halogens is 1. The molecule has 1 aromatic heterocycles. The van der Waals surface area contributed by atoms with Crippen molar-refractivity contribution in [1.82, 2.24) is 25.4 Å². The molecule has 1 heterocycles. The fourth-order valence-corrected chi connectivity index (χ4v) is 3.61. The van der Waals surface area contributed by atoms with Crippen LogP contribution in [0.3, 0.4) is 0 Å². The van der Waals surface area contributed by atoms with E-state index in [1.54, 1.807) is 0 Å². The molecule has 184 valence electrons. The van der Waals surface area contributed by atoms with E-state index in [-0.39, 0.29) is 30.0 Å². The van der Waals surface area contributed by atoms with E-state index in [2.05, 4.69) is 101 Å². The predicted octanol–water partition coefficient (Wildman–Crippen LogP) is 4.50. The number of anilines is 1. The van der Waals surface area contributed by atoms with Gasteiger partial charge in [-0.1, -0.05) is 55.5 Å². The van der Waals surface area contributed by atoms with E-state index in [0.29, 0.717) is 12.5 Å². The lowest BCUT2D eigenvalue weighted by Crippen LogP contribution is -2.45. The quantitative estimate of drug-likeness (QED) is 0.161. The monoisotopic (exact) mass is 575 g/mol. The number of nitrogens with one attached hydrogen (secondary N) is 2. The van der Waals surface area contributed by atoms with Crippen LogP contribution in [-0.4, -0.2) is 46.9 Å². The third-order valence-electron chi connectivity index (χ3n) is 6.16. The van der Waals surface area contributed by atoms with Gasteiger partial charge < -0.3 is 20.1 Å². The van der Waals surface area contributed by atoms with Crippen LogP contribution in [0.5, 0.6) is 0 Å². The highest BCUT2D eigenvalue weighted by molar-refractivity contribution is 14.0. The molecule has 2 aromatic carbocycles. The van der Waals surface area contributed by atoms with Crippen molar-refractivity contribution < 1.29 is 0 Å². The molecule has 0 saturated carbocycles. The summed E-state index contributed by atoms with van der Waals surface area (Å²) >= 11 is 0. The minimum Gasteiger partial charge on any atom is -0.375 e. The molecule has 2 atom stereocenters. The molecule has 0 saturated heterocycles. The van der Waals surface area contributed by atoms with E-state index in [0.717, 1.165) is 37.1 Å². The van der Waals surface area contributed by atoms with Crippen molar-refractivity contribution in [3.8, 4) is 0 Å². The number of aromatic nitrogens is 3. The van der Waals surface area contributed by atoms with E-state index >= 15 is 0 Å². The molecule has 0 amide bonds. The first-order valence-electron chi connectivity index (χ1n) is 11.7. The molecular formula is C26H38IN7. The molecule has 0 aliphatic rings. The molecule has 0 radical (unpaired) electrons. The van der Waals surface area contributed by atoms with E-state index in [1.165, 1.54) is 11.3 Å². The second-order valence-corrected chi connectivity index (χ2v) is 8.56. The van der Waals surface area contributed by atoms with Crippen LogP contribution in [-0.2, 0) is 13.6 Å². The highest BCUT2D eigenvalue weighted by Crippen LogP contribution is 2.18. The number of hydrogen-bond acceptors (Lipinski definition) is 4. The van der Waals surface area contributed by atoms with Gasteiger partial charge in [-0.25, -0.2) is 4.99 Å². The van der Waals surface area contributed by atoms with Gasteiger partial charge in [-0.15, -0.1) is 34.2 Å². The zero-order valence-corrected chi connectivity index (χ0v) is 23.2. The smallest absolute Gasteiger partial charge is 0.191 e. The molecule has 0 aliphatic carbocycles. The van der Waals surface area contributed by atoms with Crippen LogP contribution in [0.2, 0.25) is 0 Å². The first-order chi connectivity index (χ1) is 16.0. The van der Waals surface area contributed by atoms with Gasteiger partial charge in [-0.05, 0) is 38.0 Å². The SMILES string of the molecule is Cc1nnc(CN=C(NCCCN(C)c2ccccc2)NC(C)C(C)c2ccccc2)n1C.I. The van der Waals surface area contributed by atoms with Gasteiger partial charge in [0.05, 0.1) is 0 Å². The molecule has 0 aliphatic heterocycles. The van der Waals surface area contributed by atoms with Gasteiger partial charge in [0.25, 0.3) is 0 Å². The van der Waals surface area contributed by atoms with Crippen LogP contribution in [0.1, 0.15) is 43.4 Å². The van der Waals surface area contributed by atoms with E-state index in [1.807, 2.05) is 24.6 Å². The molecule has 34 heavy (non-hydrogen) atoms. The van der Waals surface area contributed by atoms with Crippen molar-refractivity contribution in [2.24, 2.45) is 12.0 Å². The van der Waals surface area contributed by atoms with Gasteiger partial charge in [0, 0.05) is 44.8 Å². The van der Waals surface area contributed by atoms with Gasteiger partial charge in [0.1, 0.15) is 12.4 Å². The van der Waals surface area contributed by atoms with Crippen LogP contribution >= 0.6 is 24.0 Å². The van der Waals surface area contributed by atoms with Crippen molar-refractivity contribution in [1.29, 1.82) is 0 Å². The molecule has 2 N–H and O–H groups in total. The molecule has 7 nitrogen and oxygen atoms in total. The van der Waals surface area contributed by atoms with E-state index in [4.69, 9.17) is 4.99 Å². The first kappa shape index (κ1) is 27.6. The standard InChI is InChI=1S/C26H37N7.HI/c1-20(23-13-8-6-9-14-23)21(2)29-26(28-19-25-31-30-22(3)33(25)5)27-17-12-18-32(4)24-15-10-7-11-16-24;/h6-11,13-16,20-21H,12,17-19H2,1-5H3,(H2,27,28,29);1H. The Kier molecular flexibility index (Phi) is 11.3. The summed E-state index contributed by atoms with van der Waals surface area (Å²) < 4.78 is 1.98. The minimum atomic E-state index is 0. The van der Waals surface area contributed by atoms with Gasteiger partial charge in [0.2, 0.25) is 0 Å². The normalized spacial score (nSPS) is 13.0. The number of benzene rings is 2. The van der Waals surface area contributed by atoms with Gasteiger partial charge in [-0.3, -0.25) is 0 Å². The lowest BCUT2D eigenvalue weighted by Gasteiger charge is -2.25. The Hall–Kier alpha value is -2.62. The fourth-order valence-electron chi connectivity index (χ4n) is 3.61. The molecule has 3 rings (SSSR count). The Morgan fingerprint density at radius 3 is 2.29 bits per heavy atom. The summed E-state index contributed by atoms with van der Waals surface area (Å²) in [7, 11) is 4.10. The Balaban J connectivity index is 0.00000408. The van der Waals surface area contributed by atoms with Gasteiger partial charge in [-0.2, -0.15) is 0 Å². The average molecular weight is 576 g/mol. The van der Waals surface area contributed by atoms with Crippen molar-refractivity contribution in [2.75, 3.05) is 25.0 Å².